The standard InChI is InChI=1S/C19H20ClN3O3S/c20-13-3-1-2-4-15(13)23(19(25)26)8-7-16-17(24)22-18(27-16)21-14-10-11-5-6-12(14)9-11/h1-6,11-12,14,24H,7-10H2,(H,21,22)(H,25,26). The SMILES string of the molecule is O=C(O)N(CCc1sc(NC2CC3C=CC2C3)nc1O)c1ccccc1Cl. The predicted molar refractivity (Wildman–Crippen MR) is 107 cm³/mol. The number of benzene rings is 1. The van der Waals surface area contributed by atoms with Crippen LogP contribution in [0.3, 0.4) is 0 Å². The first-order chi connectivity index (χ1) is 13.0. The molecule has 2 aliphatic carbocycles. The summed E-state index contributed by atoms with van der Waals surface area (Å²) in [5.74, 6) is 1.15. The summed E-state index contributed by atoms with van der Waals surface area (Å²) in [7, 11) is 0. The number of aromatic nitrogens is 1. The highest BCUT2D eigenvalue weighted by molar-refractivity contribution is 7.15. The third-order valence-electron chi connectivity index (χ3n) is 5.20. The smallest absolute Gasteiger partial charge is 0.411 e. The number of carboxylic acid groups (broad SMARTS) is 1. The summed E-state index contributed by atoms with van der Waals surface area (Å²) in [6.45, 7) is 0.186. The molecular formula is C19H20ClN3O3S. The van der Waals surface area contributed by atoms with Gasteiger partial charge in [0, 0.05) is 19.0 Å². The van der Waals surface area contributed by atoms with Crippen molar-refractivity contribution in [2.45, 2.75) is 25.3 Å². The number of thiazole rings is 1. The van der Waals surface area contributed by atoms with E-state index < -0.39 is 6.09 Å². The Hall–Kier alpha value is -2.25. The number of fused-ring (bicyclic) bond motifs is 2. The largest absolute Gasteiger partial charge is 0.492 e. The molecule has 3 atom stereocenters. The number of amides is 1. The fraction of sp³-hybridized carbons (Fsp3) is 0.368. The van der Waals surface area contributed by atoms with E-state index in [0.29, 0.717) is 45.0 Å². The van der Waals surface area contributed by atoms with Crippen LogP contribution in [0.25, 0.3) is 0 Å². The summed E-state index contributed by atoms with van der Waals surface area (Å²) in [6.07, 6.45) is 6.10. The topological polar surface area (TPSA) is 85.7 Å². The van der Waals surface area contributed by atoms with E-state index in [1.807, 2.05) is 0 Å². The molecule has 1 fully saturated rings. The van der Waals surface area contributed by atoms with Gasteiger partial charge < -0.3 is 15.5 Å². The van der Waals surface area contributed by atoms with E-state index in [0.717, 1.165) is 6.42 Å². The summed E-state index contributed by atoms with van der Waals surface area (Å²) in [6, 6.07) is 7.18. The second-order valence-corrected chi connectivity index (χ2v) is 8.42. The van der Waals surface area contributed by atoms with Crippen LogP contribution in [0.5, 0.6) is 5.88 Å². The van der Waals surface area contributed by atoms with Crippen LogP contribution in [0.4, 0.5) is 15.6 Å². The molecule has 3 unspecified atom stereocenters. The number of nitrogens with one attached hydrogen (secondary N) is 1. The van der Waals surface area contributed by atoms with Crippen LogP contribution < -0.4 is 10.2 Å². The van der Waals surface area contributed by atoms with Crippen molar-refractivity contribution < 1.29 is 15.0 Å². The molecule has 27 heavy (non-hydrogen) atoms. The van der Waals surface area contributed by atoms with Gasteiger partial charge in [-0.25, -0.2) is 4.79 Å². The Morgan fingerprint density at radius 3 is 2.81 bits per heavy atom. The Morgan fingerprint density at radius 2 is 2.15 bits per heavy atom. The predicted octanol–water partition coefficient (Wildman–Crippen LogP) is 4.61. The average molecular weight is 406 g/mol. The fourth-order valence-electron chi connectivity index (χ4n) is 3.88. The molecule has 142 valence electrons. The van der Waals surface area contributed by atoms with Gasteiger partial charge in [-0.3, -0.25) is 4.90 Å². The number of allylic oxidation sites excluding steroid dienone is 1. The number of para-hydroxylation sites is 1. The van der Waals surface area contributed by atoms with Crippen LogP contribution in [-0.4, -0.2) is 33.9 Å². The van der Waals surface area contributed by atoms with E-state index in [-0.39, 0.29) is 12.4 Å². The lowest BCUT2D eigenvalue weighted by Gasteiger charge is -2.20. The van der Waals surface area contributed by atoms with Crippen molar-refractivity contribution in [2.75, 3.05) is 16.8 Å². The zero-order valence-electron chi connectivity index (χ0n) is 14.5. The first-order valence-corrected chi connectivity index (χ1v) is 10.1. The van der Waals surface area contributed by atoms with Crippen molar-refractivity contribution in [3.63, 3.8) is 0 Å². The molecule has 2 aromatic rings. The molecule has 2 aliphatic rings. The van der Waals surface area contributed by atoms with Gasteiger partial charge >= 0.3 is 6.09 Å². The van der Waals surface area contributed by atoms with Gasteiger partial charge in [0.2, 0.25) is 5.88 Å². The Bertz CT molecular complexity index is 885. The Balaban J connectivity index is 1.43. The van der Waals surface area contributed by atoms with Gasteiger partial charge in [-0.1, -0.05) is 47.2 Å². The maximum atomic E-state index is 11.6. The van der Waals surface area contributed by atoms with Crippen LogP contribution in [0.1, 0.15) is 17.7 Å². The molecule has 8 heteroatoms. The highest BCUT2D eigenvalue weighted by atomic mass is 35.5. The number of anilines is 2. The van der Waals surface area contributed by atoms with Crippen LogP contribution in [0.2, 0.25) is 5.02 Å². The van der Waals surface area contributed by atoms with Crippen molar-refractivity contribution in [3.05, 3.63) is 46.3 Å². The number of nitrogens with zero attached hydrogens (tertiary/aromatic N) is 2. The fourth-order valence-corrected chi connectivity index (χ4v) is 5.02. The van der Waals surface area contributed by atoms with Crippen molar-refractivity contribution in [2.24, 2.45) is 11.8 Å². The summed E-state index contributed by atoms with van der Waals surface area (Å²) < 4.78 is 0. The molecule has 2 bridgehead atoms. The molecule has 0 spiro atoms. The molecule has 4 rings (SSSR count). The summed E-state index contributed by atoms with van der Waals surface area (Å²) >= 11 is 7.50. The third kappa shape index (κ3) is 3.75. The molecule has 0 aliphatic heterocycles. The normalized spacial score (nSPS) is 22.9. The number of carbonyl (C=O) groups is 1. The molecule has 1 aromatic heterocycles. The van der Waals surface area contributed by atoms with E-state index in [2.05, 4.69) is 22.5 Å². The quantitative estimate of drug-likeness (QED) is 0.611. The lowest BCUT2D eigenvalue weighted by atomic mass is 10.0. The van der Waals surface area contributed by atoms with Gasteiger partial charge in [0.15, 0.2) is 5.13 Å². The van der Waals surface area contributed by atoms with E-state index in [1.165, 1.54) is 22.7 Å². The number of halogens is 1. The molecular weight excluding hydrogens is 386 g/mol. The second-order valence-electron chi connectivity index (χ2n) is 6.93. The number of hydrogen-bond acceptors (Lipinski definition) is 5. The van der Waals surface area contributed by atoms with E-state index in [4.69, 9.17) is 11.6 Å². The molecule has 1 aromatic carbocycles. The molecule has 6 nitrogen and oxygen atoms in total. The molecule has 3 N–H and O–H groups in total. The van der Waals surface area contributed by atoms with E-state index >= 15 is 0 Å². The first kappa shape index (κ1) is 18.1. The summed E-state index contributed by atoms with van der Waals surface area (Å²) in [5, 5.41) is 24.2. The highest BCUT2D eigenvalue weighted by Crippen LogP contribution is 2.41. The van der Waals surface area contributed by atoms with Gasteiger partial charge in [-0.2, -0.15) is 4.98 Å². The average Bonchev–Trinajstić information content (AvgIpc) is 3.33. The van der Waals surface area contributed by atoms with Crippen LogP contribution in [0.15, 0.2) is 36.4 Å². The van der Waals surface area contributed by atoms with Crippen molar-refractivity contribution in [1.82, 2.24) is 4.98 Å². The minimum atomic E-state index is -1.08. The minimum Gasteiger partial charge on any atom is -0.492 e. The second kappa shape index (κ2) is 7.40. The van der Waals surface area contributed by atoms with Gasteiger partial charge in [0.1, 0.15) is 0 Å². The number of hydrogen-bond donors (Lipinski definition) is 3. The van der Waals surface area contributed by atoms with Crippen molar-refractivity contribution >= 4 is 39.8 Å². The van der Waals surface area contributed by atoms with E-state index in [9.17, 15) is 15.0 Å². The number of aromatic hydroxyl groups is 1. The maximum absolute atomic E-state index is 11.6. The van der Waals surface area contributed by atoms with Crippen molar-refractivity contribution in [3.8, 4) is 5.88 Å². The van der Waals surface area contributed by atoms with Gasteiger partial charge in [0.05, 0.1) is 15.6 Å². The zero-order valence-corrected chi connectivity index (χ0v) is 16.1. The van der Waals surface area contributed by atoms with Gasteiger partial charge in [-0.05, 0) is 36.8 Å². The van der Waals surface area contributed by atoms with Crippen molar-refractivity contribution in [1.29, 1.82) is 0 Å². The van der Waals surface area contributed by atoms with Crippen LogP contribution in [-0.2, 0) is 6.42 Å². The monoisotopic (exact) mass is 405 g/mol. The third-order valence-corrected chi connectivity index (χ3v) is 6.56. The van der Waals surface area contributed by atoms with E-state index in [1.54, 1.807) is 24.3 Å². The molecule has 1 saturated carbocycles. The summed E-state index contributed by atoms with van der Waals surface area (Å²) in [4.78, 5) is 17.7. The van der Waals surface area contributed by atoms with Gasteiger partial charge in [-0.15, -0.1) is 0 Å². The zero-order chi connectivity index (χ0) is 19.0. The summed E-state index contributed by atoms with van der Waals surface area (Å²) in [5.41, 5.74) is 0.433. The maximum Gasteiger partial charge on any atom is 0.411 e. The molecule has 1 amide bonds. The lowest BCUT2D eigenvalue weighted by Crippen LogP contribution is -2.31. The van der Waals surface area contributed by atoms with Crippen LogP contribution >= 0.6 is 22.9 Å². The molecule has 0 saturated heterocycles. The molecule has 0 radical (unpaired) electrons. The Labute approximate surface area is 166 Å². The first-order valence-electron chi connectivity index (χ1n) is 8.90. The Kier molecular flexibility index (Phi) is 4.97. The van der Waals surface area contributed by atoms with Crippen LogP contribution in [0, 0.1) is 11.8 Å². The number of rotatable bonds is 6. The Morgan fingerprint density at radius 1 is 1.33 bits per heavy atom. The molecule has 1 heterocycles. The minimum absolute atomic E-state index is 0.0364. The lowest BCUT2D eigenvalue weighted by molar-refractivity contribution is 0.202. The highest BCUT2D eigenvalue weighted by Gasteiger charge is 2.36. The van der Waals surface area contributed by atoms with Gasteiger partial charge in [0.25, 0.3) is 0 Å².